The molecule has 0 radical (unpaired) electrons. The van der Waals surface area contributed by atoms with Crippen molar-refractivity contribution in [2.24, 2.45) is 11.8 Å². The molecule has 4 nitrogen and oxygen atoms in total. The minimum atomic E-state index is -0.0837. The third kappa shape index (κ3) is 4.07. The van der Waals surface area contributed by atoms with Gasteiger partial charge in [0.25, 0.3) is 0 Å². The molecule has 0 bridgehead atoms. The lowest BCUT2D eigenvalue weighted by molar-refractivity contribution is -0.122. The molecule has 2 rings (SSSR count). The Morgan fingerprint density at radius 3 is 2.70 bits per heavy atom. The first-order valence-electron chi connectivity index (χ1n) is 6.81. The van der Waals surface area contributed by atoms with Gasteiger partial charge in [0.15, 0.2) is 0 Å². The second-order valence-electron chi connectivity index (χ2n) is 5.37. The fraction of sp³-hybridized carbons (Fsp3) is 0.467. The van der Waals surface area contributed by atoms with Gasteiger partial charge in [-0.3, -0.25) is 9.59 Å². The van der Waals surface area contributed by atoms with Crippen molar-refractivity contribution < 1.29 is 9.59 Å². The highest BCUT2D eigenvalue weighted by molar-refractivity contribution is 9.10. The number of hydrogen-bond donors (Lipinski definition) is 2. The summed E-state index contributed by atoms with van der Waals surface area (Å²) in [4.78, 5) is 23.4. The lowest BCUT2D eigenvalue weighted by Gasteiger charge is -2.09. The Kier molecular flexibility index (Phi) is 4.81. The standard InChI is InChI=1S/C15H19BrN2O2/c1-9-8-12(9)15(20)17-6-5-14(19)18-13-4-3-11(16)7-10(13)2/h3-4,7,9,12H,5-6,8H2,1-2H3,(H,17,20)(H,18,19)/t9-,12+/m0/s1. The van der Waals surface area contributed by atoms with E-state index in [2.05, 4.69) is 33.5 Å². The number of rotatable bonds is 5. The lowest BCUT2D eigenvalue weighted by Crippen LogP contribution is -2.29. The molecule has 2 amide bonds. The van der Waals surface area contributed by atoms with Crippen LogP contribution < -0.4 is 10.6 Å². The Morgan fingerprint density at radius 1 is 1.40 bits per heavy atom. The number of nitrogens with one attached hydrogen (secondary N) is 2. The number of carbonyl (C=O) groups excluding carboxylic acids is 2. The summed E-state index contributed by atoms with van der Waals surface area (Å²) in [6, 6.07) is 5.70. The molecule has 1 aliphatic carbocycles. The fourth-order valence-electron chi connectivity index (χ4n) is 2.10. The Balaban J connectivity index is 1.73. The molecule has 0 unspecified atom stereocenters. The Labute approximate surface area is 127 Å². The number of carbonyl (C=O) groups is 2. The predicted octanol–water partition coefficient (Wildman–Crippen LogP) is 2.86. The molecule has 1 aromatic rings. The van der Waals surface area contributed by atoms with Crippen LogP contribution in [0.25, 0.3) is 0 Å². The highest BCUT2D eigenvalue weighted by atomic mass is 79.9. The van der Waals surface area contributed by atoms with Crippen molar-refractivity contribution in [2.75, 3.05) is 11.9 Å². The third-order valence-electron chi connectivity index (χ3n) is 3.56. The Hall–Kier alpha value is -1.36. The molecule has 0 heterocycles. The lowest BCUT2D eigenvalue weighted by atomic mass is 10.2. The van der Waals surface area contributed by atoms with E-state index < -0.39 is 0 Å². The van der Waals surface area contributed by atoms with Crippen molar-refractivity contribution in [1.29, 1.82) is 0 Å². The van der Waals surface area contributed by atoms with Crippen LogP contribution in [0.1, 0.15) is 25.3 Å². The van der Waals surface area contributed by atoms with Crippen molar-refractivity contribution in [1.82, 2.24) is 5.32 Å². The van der Waals surface area contributed by atoms with Gasteiger partial charge in [0, 0.05) is 29.0 Å². The molecule has 1 fully saturated rings. The normalized spacial score (nSPS) is 20.4. The minimum absolute atomic E-state index is 0.0742. The third-order valence-corrected chi connectivity index (χ3v) is 4.05. The van der Waals surface area contributed by atoms with Crippen molar-refractivity contribution in [3.8, 4) is 0 Å². The average Bonchev–Trinajstić information content (AvgIpc) is 3.10. The Morgan fingerprint density at radius 2 is 2.10 bits per heavy atom. The van der Waals surface area contributed by atoms with E-state index >= 15 is 0 Å². The number of aryl methyl sites for hydroxylation is 1. The van der Waals surface area contributed by atoms with Gasteiger partial charge in [-0.2, -0.15) is 0 Å². The molecular formula is C15H19BrN2O2. The molecule has 5 heteroatoms. The van der Waals surface area contributed by atoms with E-state index in [0.717, 1.165) is 22.1 Å². The molecule has 1 saturated carbocycles. The zero-order valence-corrected chi connectivity index (χ0v) is 13.3. The zero-order chi connectivity index (χ0) is 14.7. The van der Waals surface area contributed by atoms with E-state index in [0.29, 0.717) is 18.9 Å². The first-order valence-corrected chi connectivity index (χ1v) is 7.60. The van der Waals surface area contributed by atoms with Gasteiger partial charge in [-0.15, -0.1) is 0 Å². The highest BCUT2D eigenvalue weighted by Gasteiger charge is 2.38. The quantitative estimate of drug-likeness (QED) is 0.867. The number of hydrogen-bond acceptors (Lipinski definition) is 2. The molecule has 0 aliphatic heterocycles. The van der Waals surface area contributed by atoms with Crippen LogP contribution in [0.2, 0.25) is 0 Å². The van der Waals surface area contributed by atoms with Crippen molar-refractivity contribution in [2.45, 2.75) is 26.7 Å². The van der Waals surface area contributed by atoms with Gasteiger partial charge >= 0.3 is 0 Å². The van der Waals surface area contributed by atoms with E-state index in [9.17, 15) is 9.59 Å². The maximum Gasteiger partial charge on any atom is 0.226 e. The maximum absolute atomic E-state index is 11.8. The second-order valence-corrected chi connectivity index (χ2v) is 6.28. The van der Waals surface area contributed by atoms with Gasteiger partial charge in [0.1, 0.15) is 0 Å². The van der Waals surface area contributed by atoms with Crippen LogP contribution in [0.15, 0.2) is 22.7 Å². The van der Waals surface area contributed by atoms with Crippen LogP contribution in [0.5, 0.6) is 0 Å². The van der Waals surface area contributed by atoms with E-state index in [1.54, 1.807) is 0 Å². The second kappa shape index (κ2) is 6.39. The minimum Gasteiger partial charge on any atom is -0.355 e. The summed E-state index contributed by atoms with van der Waals surface area (Å²) in [5, 5.41) is 5.66. The number of halogens is 1. The van der Waals surface area contributed by atoms with E-state index in [4.69, 9.17) is 0 Å². The van der Waals surface area contributed by atoms with E-state index in [1.807, 2.05) is 25.1 Å². The SMILES string of the molecule is Cc1cc(Br)ccc1NC(=O)CCNC(=O)[C@@H]1C[C@@H]1C. The molecule has 20 heavy (non-hydrogen) atoms. The first-order chi connectivity index (χ1) is 9.47. The monoisotopic (exact) mass is 338 g/mol. The maximum atomic E-state index is 11.8. The van der Waals surface area contributed by atoms with Gasteiger partial charge in [-0.25, -0.2) is 0 Å². The van der Waals surface area contributed by atoms with Crippen LogP contribution in [0.4, 0.5) is 5.69 Å². The van der Waals surface area contributed by atoms with Crippen molar-refractivity contribution in [3.05, 3.63) is 28.2 Å². The summed E-state index contributed by atoms with van der Waals surface area (Å²) >= 11 is 3.38. The molecule has 2 N–H and O–H groups in total. The average molecular weight is 339 g/mol. The topological polar surface area (TPSA) is 58.2 Å². The predicted molar refractivity (Wildman–Crippen MR) is 82.4 cm³/mol. The van der Waals surface area contributed by atoms with Gasteiger partial charge < -0.3 is 10.6 Å². The molecule has 1 aromatic carbocycles. The zero-order valence-electron chi connectivity index (χ0n) is 11.7. The van der Waals surface area contributed by atoms with Crippen LogP contribution in [0.3, 0.4) is 0 Å². The Bertz CT molecular complexity index is 531. The number of benzene rings is 1. The smallest absolute Gasteiger partial charge is 0.226 e. The summed E-state index contributed by atoms with van der Waals surface area (Å²) in [7, 11) is 0. The van der Waals surface area contributed by atoms with Crippen LogP contribution in [-0.2, 0) is 9.59 Å². The molecule has 0 saturated heterocycles. The summed E-state index contributed by atoms with van der Waals surface area (Å²) in [6.07, 6.45) is 1.26. The first kappa shape index (κ1) is 15.0. The van der Waals surface area contributed by atoms with Gasteiger partial charge in [-0.05, 0) is 43.0 Å². The molecule has 1 aliphatic rings. The largest absolute Gasteiger partial charge is 0.355 e. The number of amides is 2. The van der Waals surface area contributed by atoms with Crippen LogP contribution in [-0.4, -0.2) is 18.4 Å². The summed E-state index contributed by atoms with van der Waals surface area (Å²) in [5.41, 5.74) is 1.81. The summed E-state index contributed by atoms with van der Waals surface area (Å²) in [5.74, 6) is 0.644. The summed E-state index contributed by atoms with van der Waals surface area (Å²) in [6.45, 7) is 4.40. The van der Waals surface area contributed by atoms with Crippen molar-refractivity contribution >= 4 is 33.4 Å². The van der Waals surface area contributed by atoms with Gasteiger partial charge in [0.2, 0.25) is 11.8 Å². The highest BCUT2D eigenvalue weighted by Crippen LogP contribution is 2.37. The molecule has 2 atom stereocenters. The van der Waals surface area contributed by atoms with Crippen LogP contribution in [0, 0.1) is 18.8 Å². The van der Waals surface area contributed by atoms with E-state index in [-0.39, 0.29) is 17.7 Å². The van der Waals surface area contributed by atoms with Crippen LogP contribution >= 0.6 is 15.9 Å². The van der Waals surface area contributed by atoms with Crippen molar-refractivity contribution in [3.63, 3.8) is 0 Å². The summed E-state index contributed by atoms with van der Waals surface area (Å²) < 4.78 is 0.985. The van der Waals surface area contributed by atoms with E-state index in [1.165, 1.54) is 0 Å². The molecule has 108 valence electrons. The fourth-order valence-corrected chi connectivity index (χ4v) is 2.57. The molecule has 0 aromatic heterocycles. The van der Waals surface area contributed by atoms with Gasteiger partial charge in [-0.1, -0.05) is 22.9 Å². The molecular weight excluding hydrogens is 320 g/mol. The molecule has 0 spiro atoms. The van der Waals surface area contributed by atoms with Gasteiger partial charge in [0.05, 0.1) is 0 Å². The number of anilines is 1.